The van der Waals surface area contributed by atoms with Gasteiger partial charge in [-0.25, -0.2) is 4.39 Å². The molecule has 1 fully saturated rings. The fourth-order valence-electron chi connectivity index (χ4n) is 3.08. The Morgan fingerprint density at radius 2 is 1.93 bits per heavy atom. The fourth-order valence-corrected chi connectivity index (χ4v) is 3.08. The zero-order valence-electron chi connectivity index (χ0n) is 14.9. The van der Waals surface area contributed by atoms with Crippen LogP contribution in [0.25, 0.3) is 0 Å². The second-order valence-electron chi connectivity index (χ2n) is 6.47. The van der Waals surface area contributed by atoms with E-state index in [0.717, 1.165) is 18.2 Å². The lowest BCUT2D eigenvalue weighted by atomic mass is 10.1. The summed E-state index contributed by atoms with van der Waals surface area (Å²) >= 11 is 0. The van der Waals surface area contributed by atoms with E-state index in [2.05, 4.69) is 12.2 Å². The molecule has 1 aliphatic rings. The molecule has 2 aromatic rings. The lowest BCUT2D eigenvalue weighted by Crippen LogP contribution is -2.28. The molecule has 7 heteroatoms. The van der Waals surface area contributed by atoms with Crippen LogP contribution in [0, 0.1) is 11.7 Å². The van der Waals surface area contributed by atoms with Crippen molar-refractivity contribution in [2.24, 2.45) is 11.7 Å². The molecule has 1 atom stereocenters. The van der Waals surface area contributed by atoms with Crippen LogP contribution in [0.1, 0.15) is 29.3 Å². The number of amides is 3. The van der Waals surface area contributed by atoms with Crippen molar-refractivity contribution in [3.05, 3.63) is 59.4 Å². The molecule has 27 heavy (non-hydrogen) atoms. The molecule has 2 aromatic carbocycles. The quantitative estimate of drug-likeness (QED) is 0.848. The molecule has 1 saturated heterocycles. The van der Waals surface area contributed by atoms with Gasteiger partial charge in [-0.1, -0.05) is 19.1 Å². The highest BCUT2D eigenvalue weighted by Crippen LogP contribution is 2.26. The molecule has 0 spiro atoms. The summed E-state index contributed by atoms with van der Waals surface area (Å²) in [6, 6.07) is 11.3. The predicted octanol–water partition coefficient (Wildman–Crippen LogP) is 2.48. The zero-order valence-corrected chi connectivity index (χ0v) is 14.9. The van der Waals surface area contributed by atoms with Crippen LogP contribution in [0.15, 0.2) is 42.5 Å². The molecule has 0 aromatic heterocycles. The first-order valence-corrected chi connectivity index (χ1v) is 8.68. The molecule has 0 radical (unpaired) electrons. The summed E-state index contributed by atoms with van der Waals surface area (Å²) in [5, 5.41) is 2.62. The van der Waals surface area contributed by atoms with Crippen molar-refractivity contribution in [2.45, 2.75) is 19.8 Å². The van der Waals surface area contributed by atoms with E-state index in [4.69, 9.17) is 5.73 Å². The monoisotopic (exact) mass is 369 g/mol. The lowest BCUT2D eigenvalue weighted by molar-refractivity contribution is -0.122. The number of halogens is 1. The van der Waals surface area contributed by atoms with Crippen LogP contribution in [-0.2, 0) is 16.0 Å². The minimum Gasteiger partial charge on any atom is -0.366 e. The summed E-state index contributed by atoms with van der Waals surface area (Å²) in [5.41, 5.74) is 7.00. The van der Waals surface area contributed by atoms with Gasteiger partial charge in [0.15, 0.2) is 0 Å². The summed E-state index contributed by atoms with van der Waals surface area (Å²) in [6.45, 7) is 2.31. The summed E-state index contributed by atoms with van der Waals surface area (Å²) < 4.78 is 13.5. The third kappa shape index (κ3) is 3.97. The Morgan fingerprint density at radius 1 is 1.22 bits per heavy atom. The largest absolute Gasteiger partial charge is 0.366 e. The Kier molecular flexibility index (Phi) is 5.21. The first-order chi connectivity index (χ1) is 12.9. The average Bonchev–Trinajstić information content (AvgIpc) is 3.05. The van der Waals surface area contributed by atoms with Crippen LogP contribution in [0.2, 0.25) is 0 Å². The third-order valence-electron chi connectivity index (χ3n) is 4.65. The van der Waals surface area contributed by atoms with E-state index < -0.39 is 17.6 Å². The van der Waals surface area contributed by atoms with Gasteiger partial charge in [0.05, 0.1) is 11.5 Å². The van der Waals surface area contributed by atoms with Crippen molar-refractivity contribution < 1.29 is 18.8 Å². The van der Waals surface area contributed by atoms with E-state index in [9.17, 15) is 18.8 Å². The molecule has 1 aliphatic heterocycles. The Balaban J connectivity index is 1.70. The highest BCUT2D eigenvalue weighted by atomic mass is 19.1. The highest BCUT2D eigenvalue weighted by Gasteiger charge is 2.35. The number of hydrogen-bond donors (Lipinski definition) is 2. The number of benzene rings is 2. The minimum atomic E-state index is -0.915. The SMILES string of the molecule is CCc1ccc(N2CC(C(=O)Nc3ccc(F)c(C(N)=O)c3)CC2=O)cc1. The smallest absolute Gasteiger partial charge is 0.251 e. The number of primary amides is 1. The molecular formula is C20H20FN3O3. The standard InChI is InChI=1S/C20H20FN3O3/c1-2-12-3-6-15(7-4-12)24-11-13(9-18(24)25)20(27)23-14-5-8-17(21)16(10-14)19(22)26/h3-8,10,13H,2,9,11H2,1H3,(H2,22,26)(H,23,27). The normalized spacial score (nSPS) is 16.4. The molecule has 3 N–H and O–H groups in total. The summed E-state index contributed by atoms with van der Waals surface area (Å²) in [5.74, 6) is -2.69. The molecule has 1 unspecified atom stereocenters. The van der Waals surface area contributed by atoms with Crippen LogP contribution in [0.3, 0.4) is 0 Å². The van der Waals surface area contributed by atoms with Gasteiger partial charge in [-0.2, -0.15) is 0 Å². The van der Waals surface area contributed by atoms with Crippen molar-refractivity contribution in [3.63, 3.8) is 0 Å². The van der Waals surface area contributed by atoms with Crippen molar-refractivity contribution >= 4 is 29.1 Å². The van der Waals surface area contributed by atoms with E-state index in [1.807, 2.05) is 24.3 Å². The summed E-state index contributed by atoms with van der Waals surface area (Å²) in [4.78, 5) is 37.6. The molecule has 0 aliphatic carbocycles. The summed E-state index contributed by atoms with van der Waals surface area (Å²) in [6.07, 6.45) is 0.995. The second-order valence-corrected chi connectivity index (χ2v) is 6.47. The number of nitrogens with two attached hydrogens (primary N) is 1. The first kappa shape index (κ1) is 18.6. The maximum absolute atomic E-state index is 13.5. The van der Waals surface area contributed by atoms with Crippen molar-refractivity contribution in [1.29, 1.82) is 0 Å². The van der Waals surface area contributed by atoms with Crippen LogP contribution >= 0.6 is 0 Å². The van der Waals surface area contributed by atoms with Crippen molar-refractivity contribution in [2.75, 3.05) is 16.8 Å². The van der Waals surface area contributed by atoms with E-state index in [0.29, 0.717) is 0 Å². The maximum Gasteiger partial charge on any atom is 0.251 e. The van der Waals surface area contributed by atoms with Gasteiger partial charge in [0, 0.05) is 24.3 Å². The lowest BCUT2D eigenvalue weighted by Gasteiger charge is -2.17. The topological polar surface area (TPSA) is 92.5 Å². The van der Waals surface area contributed by atoms with E-state index in [1.165, 1.54) is 17.7 Å². The number of carbonyl (C=O) groups excluding carboxylic acids is 3. The third-order valence-corrected chi connectivity index (χ3v) is 4.65. The van der Waals surface area contributed by atoms with Crippen molar-refractivity contribution in [1.82, 2.24) is 0 Å². The molecule has 3 amide bonds. The number of nitrogens with zero attached hydrogens (tertiary/aromatic N) is 1. The van der Waals surface area contributed by atoms with Gasteiger partial charge in [-0.05, 0) is 42.3 Å². The van der Waals surface area contributed by atoms with E-state index in [-0.39, 0.29) is 36.0 Å². The Hall–Kier alpha value is -3.22. The van der Waals surface area contributed by atoms with Gasteiger partial charge >= 0.3 is 0 Å². The molecule has 0 bridgehead atoms. The molecule has 6 nitrogen and oxygen atoms in total. The van der Waals surface area contributed by atoms with Gasteiger partial charge in [-0.15, -0.1) is 0 Å². The van der Waals surface area contributed by atoms with Gasteiger partial charge in [0.2, 0.25) is 11.8 Å². The van der Waals surface area contributed by atoms with Crippen LogP contribution in [0.5, 0.6) is 0 Å². The van der Waals surface area contributed by atoms with Crippen LogP contribution < -0.4 is 16.0 Å². The van der Waals surface area contributed by atoms with Gasteiger partial charge in [0.25, 0.3) is 5.91 Å². The van der Waals surface area contributed by atoms with Gasteiger partial charge in [0.1, 0.15) is 5.82 Å². The Labute approximate surface area is 156 Å². The number of nitrogens with one attached hydrogen (secondary N) is 1. The number of carbonyl (C=O) groups is 3. The van der Waals surface area contributed by atoms with Crippen LogP contribution in [-0.4, -0.2) is 24.3 Å². The maximum atomic E-state index is 13.5. The molecule has 0 saturated carbocycles. The predicted molar refractivity (Wildman–Crippen MR) is 99.8 cm³/mol. The fraction of sp³-hybridized carbons (Fsp3) is 0.250. The zero-order chi connectivity index (χ0) is 19.6. The van der Waals surface area contributed by atoms with Crippen molar-refractivity contribution in [3.8, 4) is 0 Å². The van der Waals surface area contributed by atoms with Gasteiger partial charge < -0.3 is 16.0 Å². The number of aryl methyl sites for hydroxylation is 1. The van der Waals surface area contributed by atoms with Gasteiger partial charge in [-0.3, -0.25) is 14.4 Å². The Bertz CT molecular complexity index is 896. The first-order valence-electron chi connectivity index (χ1n) is 8.68. The minimum absolute atomic E-state index is 0.0885. The number of rotatable bonds is 5. The number of hydrogen-bond acceptors (Lipinski definition) is 3. The molecular weight excluding hydrogens is 349 g/mol. The van der Waals surface area contributed by atoms with E-state index in [1.54, 1.807) is 4.90 Å². The highest BCUT2D eigenvalue weighted by molar-refractivity contribution is 6.04. The van der Waals surface area contributed by atoms with Crippen LogP contribution in [0.4, 0.5) is 15.8 Å². The number of anilines is 2. The average molecular weight is 369 g/mol. The summed E-state index contributed by atoms with van der Waals surface area (Å²) in [7, 11) is 0. The Morgan fingerprint density at radius 3 is 2.56 bits per heavy atom. The molecule has 1 heterocycles. The molecule has 140 valence electrons. The van der Waals surface area contributed by atoms with E-state index >= 15 is 0 Å². The molecule has 3 rings (SSSR count). The second kappa shape index (κ2) is 7.57.